The summed E-state index contributed by atoms with van der Waals surface area (Å²) in [5, 5.41) is 3.63. The highest BCUT2D eigenvalue weighted by atomic mass is 35.5. The lowest BCUT2D eigenvalue weighted by Gasteiger charge is -2.28. The van der Waals surface area contributed by atoms with Crippen molar-refractivity contribution >= 4 is 23.2 Å². The second kappa shape index (κ2) is 9.14. The Morgan fingerprint density at radius 1 is 1.15 bits per heavy atom. The molecule has 1 unspecified atom stereocenters. The number of ether oxygens (including phenoxy) is 1. The zero-order chi connectivity index (χ0) is 19.2. The van der Waals surface area contributed by atoms with E-state index in [0.717, 1.165) is 24.2 Å². The van der Waals surface area contributed by atoms with E-state index >= 15 is 0 Å². The van der Waals surface area contributed by atoms with E-state index in [9.17, 15) is 4.79 Å². The molecule has 1 aliphatic rings. The summed E-state index contributed by atoms with van der Waals surface area (Å²) >= 11 is 6.02. The highest BCUT2D eigenvalue weighted by molar-refractivity contribution is 6.31. The normalized spacial score (nSPS) is 15.3. The summed E-state index contributed by atoms with van der Waals surface area (Å²) in [4.78, 5) is 14.7. The third kappa shape index (κ3) is 5.39. The molecular formula is C22H27ClN2O2. The second-order valence-electron chi connectivity index (χ2n) is 7.10. The van der Waals surface area contributed by atoms with Crippen LogP contribution in [-0.4, -0.2) is 25.1 Å². The molecule has 2 aromatic carbocycles. The molecule has 1 heterocycles. The van der Waals surface area contributed by atoms with E-state index in [1.54, 1.807) is 19.1 Å². The minimum absolute atomic E-state index is 0.136. The van der Waals surface area contributed by atoms with Crippen LogP contribution in [0.2, 0.25) is 5.02 Å². The lowest BCUT2D eigenvalue weighted by Crippen LogP contribution is -2.35. The minimum Gasteiger partial charge on any atom is -0.481 e. The van der Waals surface area contributed by atoms with Crippen LogP contribution in [-0.2, 0) is 11.3 Å². The van der Waals surface area contributed by atoms with E-state index in [1.807, 2.05) is 13.0 Å². The minimum atomic E-state index is -0.571. The van der Waals surface area contributed by atoms with Crippen molar-refractivity contribution in [2.75, 3.05) is 18.0 Å². The molecule has 0 bridgehead atoms. The number of nitrogens with one attached hydrogen (secondary N) is 1. The van der Waals surface area contributed by atoms with Crippen molar-refractivity contribution in [2.45, 2.75) is 45.8 Å². The van der Waals surface area contributed by atoms with Gasteiger partial charge in [0.15, 0.2) is 6.10 Å². The molecule has 1 fully saturated rings. The molecule has 1 aliphatic heterocycles. The molecule has 0 spiro atoms. The highest BCUT2D eigenvalue weighted by Crippen LogP contribution is 2.22. The predicted molar refractivity (Wildman–Crippen MR) is 111 cm³/mol. The maximum absolute atomic E-state index is 12.3. The van der Waals surface area contributed by atoms with Gasteiger partial charge in [-0.15, -0.1) is 0 Å². The van der Waals surface area contributed by atoms with Gasteiger partial charge >= 0.3 is 0 Å². The molecule has 0 aromatic heterocycles. The second-order valence-corrected chi connectivity index (χ2v) is 7.51. The fraction of sp³-hybridized carbons (Fsp3) is 0.409. The fourth-order valence-electron chi connectivity index (χ4n) is 3.26. The molecule has 2 aromatic rings. The van der Waals surface area contributed by atoms with Crippen molar-refractivity contribution in [1.82, 2.24) is 5.32 Å². The maximum atomic E-state index is 12.3. The number of aryl methyl sites for hydroxylation is 1. The standard InChI is InChI=1S/C22H27ClN2O2/c1-16-14-20(10-11-21(16)23)27-17(2)22(26)24-15-18-6-8-19(9-7-18)25-12-4-3-5-13-25/h6-11,14,17H,3-5,12-13,15H2,1-2H3,(H,24,26). The maximum Gasteiger partial charge on any atom is 0.261 e. The topological polar surface area (TPSA) is 41.6 Å². The number of nitrogens with zero attached hydrogens (tertiary/aromatic N) is 1. The van der Waals surface area contributed by atoms with Gasteiger partial charge in [-0.25, -0.2) is 0 Å². The lowest BCUT2D eigenvalue weighted by atomic mass is 10.1. The summed E-state index contributed by atoms with van der Waals surface area (Å²) in [5.74, 6) is 0.508. The molecule has 5 heteroatoms. The van der Waals surface area contributed by atoms with E-state index in [-0.39, 0.29) is 5.91 Å². The summed E-state index contributed by atoms with van der Waals surface area (Å²) in [6, 6.07) is 13.8. The van der Waals surface area contributed by atoms with E-state index in [4.69, 9.17) is 16.3 Å². The van der Waals surface area contributed by atoms with E-state index < -0.39 is 6.10 Å². The van der Waals surface area contributed by atoms with Crippen LogP contribution in [0, 0.1) is 6.92 Å². The van der Waals surface area contributed by atoms with Gasteiger partial charge in [0.25, 0.3) is 5.91 Å². The lowest BCUT2D eigenvalue weighted by molar-refractivity contribution is -0.127. The Morgan fingerprint density at radius 2 is 1.85 bits per heavy atom. The van der Waals surface area contributed by atoms with Crippen LogP contribution in [0.1, 0.15) is 37.3 Å². The largest absolute Gasteiger partial charge is 0.481 e. The fourth-order valence-corrected chi connectivity index (χ4v) is 3.38. The number of amides is 1. The van der Waals surface area contributed by atoms with Gasteiger partial charge in [0.05, 0.1) is 0 Å². The average Bonchev–Trinajstić information content (AvgIpc) is 2.70. The van der Waals surface area contributed by atoms with Gasteiger partial charge in [0, 0.05) is 30.3 Å². The van der Waals surface area contributed by atoms with E-state index in [1.165, 1.54) is 24.9 Å². The zero-order valence-electron chi connectivity index (χ0n) is 16.0. The van der Waals surface area contributed by atoms with Crippen molar-refractivity contribution in [3.63, 3.8) is 0 Å². The quantitative estimate of drug-likeness (QED) is 0.780. The third-order valence-corrected chi connectivity index (χ3v) is 5.36. The number of hydrogen-bond acceptors (Lipinski definition) is 3. The van der Waals surface area contributed by atoms with Crippen LogP contribution in [0.3, 0.4) is 0 Å². The van der Waals surface area contributed by atoms with Crippen molar-refractivity contribution in [3.8, 4) is 5.75 Å². The summed E-state index contributed by atoms with van der Waals surface area (Å²) in [7, 11) is 0. The first-order valence-electron chi connectivity index (χ1n) is 9.57. The molecule has 144 valence electrons. The summed E-state index contributed by atoms with van der Waals surface area (Å²) < 4.78 is 5.72. The van der Waals surface area contributed by atoms with Crippen LogP contribution in [0.25, 0.3) is 0 Å². The molecule has 1 saturated heterocycles. The van der Waals surface area contributed by atoms with Crippen molar-refractivity contribution in [1.29, 1.82) is 0 Å². The Bertz CT molecular complexity index is 770. The first-order valence-corrected chi connectivity index (χ1v) is 9.95. The van der Waals surface area contributed by atoms with Gasteiger partial charge in [0.1, 0.15) is 5.75 Å². The number of hydrogen-bond donors (Lipinski definition) is 1. The number of carbonyl (C=O) groups is 1. The van der Waals surface area contributed by atoms with Crippen LogP contribution in [0.4, 0.5) is 5.69 Å². The van der Waals surface area contributed by atoms with Gasteiger partial charge < -0.3 is 15.0 Å². The highest BCUT2D eigenvalue weighted by Gasteiger charge is 2.15. The molecule has 0 saturated carbocycles. The van der Waals surface area contributed by atoms with Crippen LogP contribution in [0.15, 0.2) is 42.5 Å². The molecule has 3 rings (SSSR count). The Hall–Kier alpha value is -2.20. The van der Waals surface area contributed by atoms with E-state index in [2.05, 4.69) is 34.5 Å². The number of piperidine rings is 1. The molecule has 1 atom stereocenters. The SMILES string of the molecule is Cc1cc(OC(C)C(=O)NCc2ccc(N3CCCCC3)cc2)ccc1Cl. The van der Waals surface area contributed by atoms with Crippen molar-refractivity contribution in [3.05, 3.63) is 58.6 Å². The molecule has 27 heavy (non-hydrogen) atoms. The average molecular weight is 387 g/mol. The third-order valence-electron chi connectivity index (χ3n) is 4.94. The Kier molecular flexibility index (Phi) is 6.62. The van der Waals surface area contributed by atoms with Crippen LogP contribution < -0.4 is 15.0 Å². The predicted octanol–water partition coefficient (Wildman–Crippen LogP) is 4.72. The first-order chi connectivity index (χ1) is 13.0. The molecule has 0 radical (unpaired) electrons. The summed E-state index contributed by atoms with van der Waals surface area (Å²) in [6.45, 7) is 6.42. The Balaban J connectivity index is 1.49. The van der Waals surface area contributed by atoms with Gasteiger partial charge in [-0.05, 0) is 74.6 Å². The Labute approximate surface area is 166 Å². The van der Waals surface area contributed by atoms with E-state index in [0.29, 0.717) is 17.3 Å². The van der Waals surface area contributed by atoms with Crippen molar-refractivity contribution < 1.29 is 9.53 Å². The smallest absolute Gasteiger partial charge is 0.261 e. The number of carbonyl (C=O) groups excluding carboxylic acids is 1. The molecular weight excluding hydrogens is 360 g/mol. The summed E-state index contributed by atoms with van der Waals surface area (Å²) in [6.07, 6.45) is 3.29. The van der Waals surface area contributed by atoms with Gasteiger partial charge in [-0.3, -0.25) is 4.79 Å². The zero-order valence-corrected chi connectivity index (χ0v) is 16.8. The first kappa shape index (κ1) is 19.6. The number of halogens is 1. The number of rotatable bonds is 6. The van der Waals surface area contributed by atoms with Gasteiger partial charge in [-0.1, -0.05) is 23.7 Å². The van der Waals surface area contributed by atoms with Crippen LogP contribution >= 0.6 is 11.6 Å². The van der Waals surface area contributed by atoms with Gasteiger partial charge in [0.2, 0.25) is 0 Å². The monoisotopic (exact) mass is 386 g/mol. The summed E-state index contributed by atoms with van der Waals surface area (Å²) in [5.41, 5.74) is 3.27. The number of anilines is 1. The van der Waals surface area contributed by atoms with Crippen molar-refractivity contribution in [2.24, 2.45) is 0 Å². The molecule has 0 aliphatic carbocycles. The number of benzene rings is 2. The molecule has 4 nitrogen and oxygen atoms in total. The Morgan fingerprint density at radius 3 is 2.52 bits per heavy atom. The van der Waals surface area contributed by atoms with Gasteiger partial charge in [-0.2, -0.15) is 0 Å². The van der Waals surface area contributed by atoms with Crippen LogP contribution in [0.5, 0.6) is 5.75 Å². The molecule has 1 amide bonds. The molecule has 1 N–H and O–H groups in total.